The maximum Gasteiger partial charge on any atom is 0.329 e. The van der Waals surface area contributed by atoms with Gasteiger partial charge in [-0.3, -0.25) is 19.2 Å². The summed E-state index contributed by atoms with van der Waals surface area (Å²) in [5.41, 5.74) is 1.27. The first-order chi connectivity index (χ1) is 29.8. The molecule has 1 aliphatic carbocycles. The zero-order valence-electron chi connectivity index (χ0n) is 39.1. The number of nitrogens with zero attached hydrogens (tertiary/aromatic N) is 1. The fraction of sp³-hybridized carbons (Fsp3) is 0.700. The van der Waals surface area contributed by atoms with E-state index in [1.807, 2.05) is 64.2 Å². The van der Waals surface area contributed by atoms with Crippen LogP contribution >= 0.6 is 0 Å². The highest BCUT2D eigenvalue weighted by molar-refractivity contribution is 6.39. The second kappa shape index (κ2) is 24.1. The summed E-state index contributed by atoms with van der Waals surface area (Å²) in [7, 11) is 2.95. The predicted molar refractivity (Wildman–Crippen MR) is 239 cm³/mol. The third-order valence-electron chi connectivity index (χ3n) is 13.7. The van der Waals surface area contributed by atoms with Crippen LogP contribution in [0.5, 0.6) is 0 Å². The highest BCUT2D eigenvalue weighted by Crippen LogP contribution is 2.36. The highest BCUT2D eigenvalue weighted by atomic mass is 16.6. The van der Waals surface area contributed by atoms with Gasteiger partial charge in [-0.25, -0.2) is 4.79 Å². The molecule has 1 saturated carbocycles. The van der Waals surface area contributed by atoms with Crippen LogP contribution < -0.4 is 0 Å². The van der Waals surface area contributed by atoms with E-state index in [4.69, 9.17) is 18.9 Å². The number of amides is 1. The quantitative estimate of drug-likeness (QED) is 0.159. The number of hydrogen-bond donors (Lipinski definition) is 3. The number of fused-ring (bicyclic) bond motifs is 3. The molecule has 13 nitrogen and oxygen atoms in total. The van der Waals surface area contributed by atoms with Crippen molar-refractivity contribution in [3.63, 3.8) is 0 Å². The fourth-order valence-electron chi connectivity index (χ4n) is 9.54. The summed E-state index contributed by atoms with van der Waals surface area (Å²) in [6.45, 7) is 12.7. The molecule has 2 saturated heterocycles. The number of allylic oxidation sites excluding steroid dienone is 8. The number of esters is 1. The average molecular weight is 882 g/mol. The molecule has 0 aromatic carbocycles. The highest BCUT2D eigenvalue weighted by Gasteiger charge is 2.52. The second-order valence-electron chi connectivity index (χ2n) is 18.9. The van der Waals surface area contributed by atoms with Gasteiger partial charge >= 0.3 is 5.97 Å². The van der Waals surface area contributed by atoms with Gasteiger partial charge in [-0.2, -0.15) is 0 Å². The van der Waals surface area contributed by atoms with Crippen molar-refractivity contribution in [1.82, 2.24) is 4.90 Å². The normalized spacial score (nSPS) is 40.4. The van der Waals surface area contributed by atoms with Gasteiger partial charge in [0.1, 0.15) is 30.1 Å². The Morgan fingerprint density at radius 3 is 2.32 bits per heavy atom. The number of ether oxygens (including phenoxy) is 4. The lowest BCUT2D eigenvalue weighted by Crippen LogP contribution is -2.60. The molecule has 3 fully saturated rings. The summed E-state index contributed by atoms with van der Waals surface area (Å²) >= 11 is 0. The largest absolute Gasteiger partial charge is 0.460 e. The molecule has 14 atom stereocenters. The van der Waals surface area contributed by atoms with Crippen LogP contribution in [0.3, 0.4) is 0 Å². The SMILES string of the molecule is CO[C@@H]1C[C@H](C[C@@H](C)C2CC(=O)[C@H](C)/C=C(\C)[C@@H](O)[C@@H](OC)C(=O)[C@H](C)C[C@H](C)/C=C/C=C/C=C(C)/C=C/[C@@H]3CC[C@@H](C)[C@@](O)(O3)C(=O)C(=O)N3CCCC[C@H]3C(=O)O2)CC[C@H]1O. The zero-order valence-corrected chi connectivity index (χ0v) is 39.1. The van der Waals surface area contributed by atoms with E-state index in [1.54, 1.807) is 40.0 Å². The van der Waals surface area contributed by atoms with Crippen molar-refractivity contribution in [1.29, 1.82) is 0 Å². The Hall–Kier alpha value is -3.59. The Labute approximate surface area is 375 Å². The van der Waals surface area contributed by atoms with E-state index < -0.39 is 77.8 Å². The van der Waals surface area contributed by atoms with E-state index in [0.717, 1.165) is 12.0 Å². The van der Waals surface area contributed by atoms with E-state index in [1.165, 1.54) is 12.0 Å². The van der Waals surface area contributed by atoms with Crippen molar-refractivity contribution in [2.75, 3.05) is 20.8 Å². The summed E-state index contributed by atoms with van der Waals surface area (Å²) in [5, 5.41) is 33.6. The number of piperidine rings is 1. The monoisotopic (exact) mass is 882 g/mol. The molecule has 1 unspecified atom stereocenters. The van der Waals surface area contributed by atoms with Crippen molar-refractivity contribution in [3.05, 3.63) is 59.8 Å². The van der Waals surface area contributed by atoms with Crippen LogP contribution in [0.4, 0.5) is 0 Å². The summed E-state index contributed by atoms with van der Waals surface area (Å²) in [5.74, 6) is -7.85. The minimum absolute atomic E-state index is 0.0361. The number of rotatable bonds is 5. The number of hydrogen-bond acceptors (Lipinski definition) is 12. The van der Waals surface area contributed by atoms with Gasteiger partial charge < -0.3 is 39.2 Å². The molecule has 1 amide bonds. The van der Waals surface area contributed by atoms with Crippen LogP contribution in [0.25, 0.3) is 0 Å². The molecule has 0 aromatic rings. The van der Waals surface area contributed by atoms with Crippen molar-refractivity contribution >= 4 is 29.2 Å². The molecule has 3 heterocycles. The van der Waals surface area contributed by atoms with Crippen molar-refractivity contribution in [2.24, 2.45) is 35.5 Å². The Balaban J connectivity index is 1.69. The van der Waals surface area contributed by atoms with Gasteiger partial charge in [0.25, 0.3) is 11.7 Å². The molecule has 0 radical (unpaired) electrons. The van der Waals surface area contributed by atoms with Crippen LogP contribution in [0.1, 0.15) is 119 Å². The topological polar surface area (TPSA) is 186 Å². The lowest BCUT2D eigenvalue weighted by atomic mass is 9.78. The molecule has 63 heavy (non-hydrogen) atoms. The third-order valence-corrected chi connectivity index (χ3v) is 13.7. The standard InChI is InChI=1S/C50H75NO12/c1-30-15-11-10-12-16-31(2)25-34(5)44(54)46(61-9)45(55)35(6)26-32(3)41(53)29-42(33(4)27-37-20-23-40(52)43(28-37)60-8)62-49(58)39-17-13-14-24-51(39)48(57)47(56)50(59)36(7)19-22-38(63-50)21-18-30/h10-12,15-16,18,21,26,31-34,36-40,42-43,45-46,52,55,59H,13-14,17,19-20,22-25,27-29H2,1-9H3/b11-10+,16-12+,21-18+,30-15+,35-26+/t31-,32-,33-,34-,36-,37+,38-,39+,40-,42?,43-,45-,46+,50-/m1/s1. The van der Waals surface area contributed by atoms with Crippen LogP contribution in [0.2, 0.25) is 0 Å². The lowest BCUT2D eigenvalue weighted by Gasteiger charge is -2.41. The molecular formula is C50H75NO12. The number of aliphatic hydroxyl groups is 3. The lowest BCUT2D eigenvalue weighted by molar-refractivity contribution is -0.254. The van der Waals surface area contributed by atoms with Crippen molar-refractivity contribution in [3.8, 4) is 0 Å². The van der Waals surface area contributed by atoms with E-state index in [9.17, 15) is 39.3 Å². The smallest absolute Gasteiger partial charge is 0.329 e. The average Bonchev–Trinajstić information content (AvgIpc) is 3.26. The summed E-state index contributed by atoms with van der Waals surface area (Å²) < 4.78 is 23.4. The Morgan fingerprint density at radius 2 is 1.62 bits per heavy atom. The minimum Gasteiger partial charge on any atom is -0.460 e. The second-order valence-corrected chi connectivity index (χ2v) is 18.9. The number of carbonyl (C=O) groups is 5. The molecule has 2 bridgehead atoms. The van der Waals surface area contributed by atoms with Gasteiger partial charge in [-0.15, -0.1) is 0 Å². The Kier molecular flexibility index (Phi) is 19.9. The number of carbonyl (C=O) groups excluding carboxylic acids is 5. The van der Waals surface area contributed by atoms with Gasteiger partial charge in [-0.05, 0) is 101 Å². The summed E-state index contributed by atoms with van der Waals surface area (Å²) in [6.07, 6.45) is 14.9. The molecule has 13 heteroatoms. The predicted octanol–water partition coefficient (Wildman–Crippen LogP) is 6.33. The Morgan fingerprint density at radius 1 is 0.889 bits per heavy atom. The minimum atomic E-state index is -2.41. The maximum absolute atomic E-state index is 14.3. The van der Waals surface area contributed by atoms with E-state index in [-0.39, 0.29) is 54.8 Å². The third kappa shape index (κ3) is 14.0. The first kappa shape index (κ1) is 52.0. The van der Waals surface area contributed by atoms with E-state index >= 15 is 0 Å². The van der Waals surface area contributed by atoms with Gasteiger partial charge in [0, 0.05) is 44.9 Å². The molecule has 0 spiro atoms. The number of methoxy groups -OCH3 is 2. The van der Waals surface area contributed by atoms with Crippen LogP contribution in [-0.4, -0.2) is 119 Å². The number of ketones is 3. The van der Waals surface area contributed by atoms with Crippen molar-refractivity contribution in [2.45, 2.75) is 168 Å². The number of cyclic esters (lactones) is 1. The van der Waals surface area contributed by atoms with E-state index in [0.29, 0.717) is 56.9 Å². The maximum atomic E-state index is 14.3. The van der Waals surface area contributed by atoms with Gasteiger partial charge in [0.2, 0.25) is 5.79 Å². The molecule has 352 valence electrons. The first-order valence-corrected chi connectivity index (χ1v) is 23.1. The first-order valence-electron chi connectivity index (χ1n) is 23.1. The van der Waals surface area contributed by atoms with Crippen LogP contribution in [-0.2, 0) is 42.9 Å². The molecule has 4 aliphatic rings. The van der Waals surface area contributed by atoms with Crippen LogP contribution in [0, 0.1) is 35.5 Å². The molecule has 4 rings (SSSR count). The van der Waals surface area contributed by atoms with Crippen LogP contribution in [0.15, 0.2) is 59.8 Å². The van der Waals surface area contributed by atoms with Gasteiger partial charge in [0.15, 0.2) is 5.78 Å². The van der Waals surface area contributed by atoms with Gasteiger partial charge in [0.05, 0.1) is 18.3 Å². The van der Waals surface area contributed by atoms with E-state index in [2.05, 4.69) is 0 Å². The Bertz CT molecular complexity index is 1750. The molecule has 0 aromatic heterocycles. The molecule has 3 aliphatic heterocycles. The summed E-state index contributed by atoms with van der Waals surface area (Å²) in [6, 6.07) is -1.13. The molecular weight excluding hydrogens is 807 g/mol. The van der Waals surface area contributed by atoms with Gasteiger partial charge in [-0.1, -0.05) is 88.8 Å². The zero-order chi connectivity index (χ0) is 46.6. The number of Topliss-reactive ketones (excluding diaryl/α,β-unsaturated/α-hetero) is 3. The number of aliphatic hydroxyl groups excluding tert-OH is 2. The van der Waals surface area contributed by atoms with Crippen molar-refractivity contribution < 1.29 is 58.2 Å². The summed E-state index contributed by atoms with van der Waals surface area (Å²) in [4.78, 5) is 71.4. The molecule has 3 N–H and O–H groups in total. The fourth-order valence-corrected chi connectivity index (χ4v) is 9.54.